The van der Waals surface area contributed by atoms with Gasteiger partial charge in [-0.05, 0) is 42.2 Å². The van der Waals surface area contributed by atoms with Crippen LogP contribution >= 0.6 is 0 Å². The number of carbonyl (C=O) groups excluding carboxylic acids is 1. The van der Waals surface area contributed by atoms with E-state index in [1.807, 2.05) is 30.3 Å². The summed E-state index contributed by atoms with van der Waals surface area (Å²) in [5, 5.41) is 0. The molecule has 1 saturated heterocycles. The van der Waals surface area contributed by atoms with E-state index in [2.05, 4.69) is 64.4 Å². The second-order valence-electron chi connectivity index (χ2n) is 8.26. The van der Waals surface area contributed by atoms with Crippen LogP contribution in [0.3, 0.4) is 0 Å². The number of anilines is 2. The average Bonchev–Trinajstić information content (AvgIpc) is 3.10. The van der Waals surface area contributed by atoms with E-state index in [0.29, 0.717) is 6.42 Å². The van der Waals surface area contributed by atoms with Gasteiger partial charge < -0.3 is 9.80 Å². The fourth-order valence-electron chi connectivity index (χ4n) is 4.96. The maximum absolute atomic E-state index is 12.8. The lowest BCUT2D eigenvalue weighted by Gasteiger charge is -2.40. The number of carbonyl (C=O) groups is 1. The lowest BCUT2D eigenvalue weighted by molar-refractivity contribution is -0.132. The van der Waals surface area contributed by atoms with Gasteiger partial charge >= 0.3 is 0 Å². The minimum absolute atomic E-state index is 0.135. The third-order valence-electron chi connectivity index (χ3n) is 6.57. The summed E-state index contributed by atoms with van der Waals surface area (Å²) in [6.07, 6.45) is 2.54. The highest BCUT2D eigenvalue weighted by atomic mass is 16.2. The van der Waals surface area contributed by atoms with E-state index in [-0.39, 0.29) is 11.3 Å². The molecule has 0 atom stereocenters. The number of hydrogen-bond acceptors (Lipinski definition) is 2. The minimum Gasteiger partial charge on any atom is -0.342 e. The molecule has 0 N–H and O–H groups in total. The Morgan fingerprint density at radius 3 is 2.14 bits per heavy atom. The summed E-state index contributed by atoms with van der Waals surface area (Å²) >= 11 is 0. The van der Waals surface area contributed by atoms with Crippen LogP contribution in [0.1, 0.15) is 24.0 Å². The summed E-state index contributed by atoms with van der Waals surface area (Å²) < 4.78 is 0. The molecule has 0 bridgehead atoms. The van der Waals surface area contributed by atoms with Crippen LogP contribution in [0.25, 0.3) is 0 Å². The molecule has 0 unspecified atom stereocenters. The molecule has 3 aromatic rings. The van der Waals surface area contributed by atoms with Crippen molar-refractivity contribution in [2.45, 2.75) is 24.7 Å². The molecular formula is C26H26N2O. The highest BCUT2D eigenvalue weighted by molar-refractivity contribution is 5.79. The van der Waals surface area contributed by atoms with Crippen LogP contribution in [0.15, 0.2) is 84.9 Å². The molecule has 3 heteroatoms. The van der Waals surface area contributed by atoms with E-state index in [1.54, 1.807) is 0 Å². The topological polar surface area (TPSA) is 23.6 Å². The van der Waals surface area contributed by atoms with E-state index >= 15 is 0 Å². The number of benzene rings is 3. The molecule has 3 nitrogen and oxygen atoms in total. The third kappa shape index (κ3) is 3.31. The Balaban J connectivity index is 1.34. The van der Waals surface area contributed by atoms with Crippen molar-refractivity contribution in [2.24, 2.45) is 0 Å². The summed E-state index contributed by atoms with van der Waals surface area (Å²) in [6.45, 7) is 2.67. The lowest BCUT2D eigenvalue weighted by Crippen LogP contribution is -2.47. The number of rotatable bonds is 3. The summed E-state index contributed by atoms with van der Waals surface area (Å²) in [5.74, 6) is 0.247. The van der Waals surface area contributed by atoms with E-state index in [4.69, 9.17) is 0 Å². The molecule has 1 fully saturated rings. The fourth-order valence-corrected chi connectivity index (χ4v) is 4.96. The first-order valence-electron chi connectivity index (χ1n) is 10.5. The van der Waals surface area contributed by atoms with Crippen molar-refractivity contribution >= 4 is 17.3 Å². The van der Waals surface area contributed by atoms with Gasteiger partial charge in [0.2, 0.25) is 5.91 Å². The van der Waals surface area contributed by atoms with Crippen LogP contribution in [0, 0.1) is 0 Å². The molecule has 0 radical (unpaired) electrons. The highest BCUT2D eigenvalue weighted by Crippen LogP contribution is 2.49. The van der Waals surface area contributed by atoms with Gasteiger partial charge in [0, 0.05) is 36.4 Å². The van der Waals surface area contributed by atoms with Crippen LogP contribution in [0.2, 0.25) is 0 Å². The minimum atomic E-state index is 0.135. The standard InChI is InChI=1S/C26H26N2O/c29-25(19-21-9-3-1-4-10-21)27-17-15-26(16-18-27)20-28(22-11-5-2-6-12-22)24-14-8-7-13-23(24)26/h1-14H,15-20H2. The van der Waals surface area contributed by atoms with Crippen LogP contribution in [-0.2, 0) is 16.6 Å². The maximum atomic E-state index is 12.8. The number of fused-ring (bicyclic) bond motifs is 2. The first-order valence-corrected chi connectivity index (χ1v) is 10.5. The van der Waals surface area contributed by atoms with Gasteiger partial charge in [0.25, 0.3) is 0 Å². The number of likely N-dealkylation sites (tertiary alicyclic amines) is 1. The third-order valence-corrected chi connectivity index (χ3v) is 6.57. The van der Waals surface area contributed by atoms with Crippen molar-refractivity contribution in [3.8, 4) is 0 Å². The molecule has 2 aliphatic rings. The number of piperidine rings is 1. The zero-order chi connectivity index (χ0) is 19.7. The summed E-state index contributed by atoms with van der Waals surface area (Å²) in [5.41, 5.74) is 5.25. The predicted molar refractivity (Wildman–Crippen MR) is 118 cm³/mol. The Labute approximate surface area is 172 Å². The molecular weight excluding hydrogens is 356 g/mol. The smallest absolute Gasteiger partial charge is 0.226 e. The molecule has 29 heavy (non-hydrogen) atoms. The van der Waals surface area contributed by atoms with E-state index in [9.17, 15) is 4.79 Å². The summed E-state index contributed by atoms with van der Waals surface area (Å²) in [6, 6.07) is 29.5. The maximum Gasteiger partial charge on any atom is 0.226 e. The van der Waals surface area contributed by atoms with Gasteiger partial charge in [0.15, 0.2) is 0 Å². The first-order chi connectivity index (χ1) is 14.3. The molecule has 2 aliphatic heterocycles. The number of hydrogen-bond donors (Lipinski definition) is 0. The van der Waals surface area contributed by atoms with Crippen molar-refractivity contribution in [1.82, 2.24) is 4.90 Å². The molecule has 1 spiro atoms. The molecule has 146 valence electrons. The van der Waals surface area contributed by atoms with Gasteiger partial charge in [-0.3, -0.25) is 4.79 Å². The fraction of sp³-hybridized carbons (Fsp3) is 0.269. The van der Waals surface area contributed by atoms with E-state index in [0.717, 1.165) is 38.0 Å². The van der Waals surface area contributed by atoms with Gasteiger partial charge in [0.1, 0.15) is 0 Å². The Kier molecular flexibility index (Phi) is 4.59. The monoisotopic (exact) mass is 382 g/mol. The van der Waals surface area contributed by atoms with Crippen LogP contribution < -0.4 is 4.90 Å². The second-order valence-corrected chi connectivity index (χ2v) is 8.26. The van der Waals surface area contributed by atoms with E-state index in [1.165, 1.54) is 16.9 Å². The number of para-hydroxylation sites is 2. The second kappa shape index (κ2) is 7.40. The van der Waals surface area contributed by atoms with Gasteiger partial charge in [-0.15, -0.1) is 0 Å². The Hall–Kier alpha value is -3.07. The SMILES string of the molecule is O=C(Cc1ccccc1)N1CCC2(CC1)CN(c1ccccc1)c1ccccc12. The molecule has 0 saturated carbocycles. The molecule has 1 amide bonds. The first kappa shape index (κ1) is 18.0. The van der Waals surface area contributed by atoms with Crippen molar-refractivity contribution in [3.63, 3.8) is 0 Å². The average molecular weight is 383 g/mol. The van der Waals surface area contributed by atoms with Gasteiger partial charge in [-0.1, -0.05) is 66.7 Å². The molecule has 5 rings (SSSR count). The number of nitrogens with zero attached hydrogens (tertiary/aromatic N) is 2. The van der Waals surface area contributed by atoms with Crippen LogP contribution in [0.5, 0.6) is 0 Å². The Morgan fingerprint density at radius 1 is 0.793 bits per heavy atom. The predicted octanol–water partition coefficient (Wildman–Crippen LogP) is 4.94. The lowest BCUT2D eigenvalue weighted by atomic mass is 9.74. The molecule has 0 aliphatic carbocycles. The van der Waals surface area contributed by atoms with Gasteiger partial charge in [0.05, 0.1) is 6.42 Å². The van der Waals surface area contributed by atoms with Crippen molar-refractivity contribution in [3.05, 3.63) is 96.1 Å². The van der Waals surface area contributed by atoms with Crippen molar-refractivity contribution < 1.29 is 4.79 Å². The van der Waals surface area contributed by atoms with Crippen LogP contribution in [-0.4, -0.2) is 30.4 Å². The van der Waals surface area contributed by atoms with Crippen molar-refractivity contribution in [2.75, 3.05) is 24.5 Å². The molecule has 0 aromatic heterocycles. The summed E-state index contributed by atoms with van der Waals surface area (Å²) in [7, 11) is 0. The summed E-state index contributed by atoms with van der Waals surface area (Å²) in [4.78, 5) is 17.3. The quantitative estimate of drug-likeness (QED) is 0.640. The zero-order valence-corrected chi connectivity index (χ0v) is 16.6. The highest BCUT2D eigenvalue weighted by Gasteiger charge is 2.45. The molecule has 2 heterocycles. The Bertz CT molecular complexity index is 991. The van der Waals surface area contributed by atoms with Gasteiger partial charge in [-0.25, -0.2) is 0 Å². The zero-order valence-electron chi connectivity index (χ0n) is 16.6. The van der Waals surface area contributed by atoms with Gasteiger partial charge in [-0.2, -0.15) is 0 Å². The number of amides is 1. The van der Waals surface area contributed by atoms with Crippen LogP contribution in [0.4, 0.5) is 11.4 Å². The molecule has 3 aromatic carbocycles. The Morgan fingerprint density at radius 2 is 1.41 bits per heavy atom. The van der Waals surface area contributed by atoms with Crippen molar-refractivity contribution in [1.29, 1.82) is 0 Å². The largest absolute Gasteiger partial charge is 0.342 e. The normalized spacial score (nSPS) is 17.4. The van der Waals surface area contributed by atoms with E-state index < -0.39 is 0 Å².